The molecule has 1 heterocycles. The molecule has 2 rings (SSSR count). The zero-order valence-corrected chi connectivity index (χ0v) is 10.4. The van der Waals surface area contributed by atoms with Gasteiger partial charge in [-0.3, -0.25) is 4.79 Å². The molecule has 0 saturated heterocycles. The molecule has 1 aromatic rings. The Bertz CT molecular complexity index is 409. The third kappa shape index (κ3) is 2.36. The summed E-state index contributed by atoms with van der Waals surface area (Å²) in [7, 11) is 0. The highest BCUT2D eigenvalue weighted by molar-refractivity contribution is 9.10. The molecule has 0 saturated carbocycles. The smallest absolute Gasteiger partial charge is 0.236 e. The number of benzene rings is 1. The molecule has 0 bridgehead atoms. The summed E-state index contributed by atoms with van der Waals surface area (Å²) in [5.41, 5.74) is 6.37. The molecular weight excluding hydrogens is 272 g/mol. The van der Waals surface area contributed by atoms with Gasteiger partial charge in [0.1, 0.15) is 12.4 Å². The zero-order valence-electron chi connectivity index (χ0n) is 8.78. The van der Waals surface area contributed by atoms with E-state index in [4.69, 9.17) is 10.5 Å². The highest BCUT2D eigenvalue weighted by Gasteiger charge is 2.18. The third-order valence-electron chi connectivity index (χ3n) is 2.54. The Balaban J connectivity index is 2.24. The Morgan fingerprint density at radius 1 is 1.56 bits per heavy atom. The molecule has 1 aliphatic heterocycles. The van der Waals surface area contributed by atoms with E-state index >= 15 is 0 Å². The standard InChI is InChI=1S/C11H13BrN2O2/c12-9-2-1-8-7-14(11(15)6-13)3-4-16-10(8)5-9/h1-2,5H,3-4,6-7,13H2. The van der Waals surface area contributed by atoms with E-state index in [-0.39, 0.29) is 12.5 Å². The van der Waals surface area contributed by atoms with Gasteiger partial charge in [-0.2, -0.15) is 0 Å². The van der Waals surface area contributed by atoms with Crippen molar-refractivity contribution < 1.29 is 9.53 Å². The predicted octanol–water partition coefficient (Wildman–Crippen LogP) is 1.13. The molecule has 2 N–H and O–H groups in total. The van der Waals surface area contributed by atoms with Crippen LogP contribution in [0.5, 0.6) is 5.75 Å². The van der Waals surface area contributed by atoms with E-state index in [1.54, 1.807) is 4.90 Å². The van der Waals surface area contributed by atoms with Gasteiger partial charge in [0, 0.05) is 16.6 Å². The fourth-order valence-electron chi connectivity index (χ4n) is 1.69. The van der Waals surface area contributed by atoms with Crippen LogP contribution in [0.2, 0.25) is 0 Å². The summed E-state index contributed by atoms with van der Waals surface area (Å²) in [6.07, 6.45) is 0. The van der Waals surface area contributed by atoms with Crippen molar-refractivity contribution in [3.8, 4) is 5.75 Å². The molecule has 0 aromatic heterocycles. The van der Waals surface area contributed by atoms with Crippen LogP contribution in [-0.4, -0.2) is 30.5 Å². The van der Waals surface area contributed by atoms with E-state index in [0.29, 0.717) is 19.7 Å². The maximum atomic E-state index is 11.5. The van der Waals surface area contributed by atoms with E-state index in [0.717, 1.165) is 15.8 Å². The number of fused-ring (bicyclic) bond motifs is 1. The van der Waals surface area contributed by atoms with Crippen molar-refractivity contribution in [3.63, 3.8) is 0 Å². The molecule has 1 aromatic carbocycles. The van der Waals surface area contributed by atoms with Crippen molar-refractivity contribution in [2.45, 2.75) is 6.54 Å². The number of carbonyl (C=O) groups is 1. The van der Waals surface area contributed by atoms with E-state index in [2.05, 4.69) is 15.9 Å². The predicted molar refractivity (Wildman–Crippen MR) is 64.1 cm³/mol. The van der Waals surface area contributed by atoms with Gasteiger partial charge in [0.05, 0.1) is 13.1 Å². The van der Waals surface area contributed by atoms with Gasteiger partial charge in [-0.05, 0) is 12.1 Å². The van der Waals surface area contributed by atoms with Crippen molar-refractivity contribution in [1.82, 2.24) is 4.90 Å². The van der Waals surface area contributed by atoms with Crippen LogP contribution in [0.15, 0.2) is 22.7 Å². The van der Waals surface area contributed by atoms with Gasteiger partial charge in [0.2, 0.25) is 5.91 Å². The number of rotatable bonds is 1. The van der Waals surface area contributed by atoms with Crippen molar-refractivity contribution in [3.05, 3.63) is 28.2 Å². The Labute approximate surface area is 102 Å². The average molecular weight is 285 g/mol. The van der Waals surface area contributed by atoms with Gasteiger partial charge in [0.25, 0.3) is 0 Å². The summed E-state index contributed by atoms with van der Waals surface area (Å²) in [6, 6.07) is 5.83. The van der Waals surface area contributed by atoms with Gasteiger partial charge in [-0.25, -0.2) is 0 Å². The fourth-order valence-corrected chi connectivity index (χ4v) is 2.03. The summed E-state index contributed by atoms with van der Waals surface area (Å²) in [5, 5.41) is 0. The van der Waals surface area contributed by atoms with Gasteiger partial charge >= 0.3 is 0 Å². The monoisotopic (exact) mass is 284 g/mol. The van der Waals surface area contributed by atoms with Crippen LogP contribution in [0, 0.1) is 0 Å². The molecule has 1 aliphatic rings. The Morgan fingerprint density at radius 2 is 2.38 bits per heavy atom. The van der Waals surface area contributed by atoms with Crippen LogP contribution in [0.25, 0.3) is 0 Å². The van der Waals surface area contributed by atoms with Crippen LogP contribution < -0.4 is 10.5 Å². The van der Waals surface area contributed by atoms with Crippen LogP contribution in [0.4, 0.5) is 0 Å². The highest BCUT2D eigenvalue weighted by Crippen LogP contribution is 2.26. The first-order chi connectivity index (χ1) is 7.70. The molecule has 0 spiro atoms. The van der Waals surface area contributed by atoms with Crippen molar-refractivity contribution in [1.29, 1.82) is 0 Å². The zero-order chi connectivity index (χ0) is 11.5. The normalized spacial score (nSPS) is 15.0. The summed E-state index contributed by atoms with van der Waals surface area (Å²) in [5.74, 6) is 0.793. The largest absolute Gasteiger partial charge is 0.491 e. The van der Waals surface area contributed by atoms with Crippen LogP contribution in [0.3, 0.4) is 0 Å². The molecule has 0 atom stereocenters. The van der Waals surface area contributed by atoms with Crippen LogP contribution in [-0.2, 0) is 11.3 Å². The number of hydrogen-bond donors (Lipinski definition) is 1. The minimum absolute atomic E-state index is 0.0423. The number of nitrogens with two attached hydrogens (primary N) is 1. The molecule has 0 unspecified atom stereocenters. The molecule has 4 nitrogen and oxygen atoms in total. The third-order valence-corrected chi connectivity index (χ3v) is 3.03. The molecule has 86 valence electrons. The molecule has 0 aliphatic carbocycles. The first kappa shape index (κ1) is 11.4. The minimum atomic E-state index is -0.0423. The highest BCUT2D eigenvalue weighted by atomic mass is 79.9. The molecule has 0 fully saturated rings. The van der Waals surface area contributed by atoms with Crippen molar-refractivity contribution in [2.75, 3.05) is 19.7 Å². The SMILES string of the molecule is NCC(=O)N1CCOc2cc(Br)ccc2C1. The van der Waals surface area contributed by atoms with Gasteiger partial charge in [0.15, 0.2) is 0 Å². The maximum absolute atomic E-state index is 11.5. The van der Waals surface area contributed by atoms with E-state index in [1.165, 1.54) is 0 Å². The van der Waals surface area contributed by atoms with E-state index < -0.39 is 0 Å². The first-order valence-electron chi connectivity index (χ1n) is 5.10. The second-order valence-electron chi connectivity index (χ2n) is 3.62. The van der Waals surface area contributed by atoms with Gasteiger partial charge in [-0.15, -0.1) is 0 Å². The Hall–Kier alpha value is -1.07. The molecule has 0 radical (unpaired) electrons. The quantitative estimate of drug-likeness (QED) is 0.841. The lowest BCUT2D eigenvalue weighted by molar-refractivity contribution is -0.130. The Morgan fingerprint density at radius 3 is 3.12 bits per heavy atom. The Kier molecular flexibility index (Phi) is 3.46. The van der Waals surface area contributed by atoms with Gasteiger partial charge in [-0.1, -0.05) is 22.0 Å². The lowest BCUT2D eigenvalue weighted by Crippen LogP contribution is -2.36. The second kappa shape index (κ2) is 4.84. The molecule has 16 heavy (non-hydrogen) atoms. The summed E-state index contributed by atoms with van der Waals surface area (Å²) in [6.45, 7) is 1.71. The number of hydrogen-bond acceptors (Lipinski definition) is 3. The second-order valence-corrected chi connectivity index (χ2v) is 4.54. The number of nitrogens with zero attached hydrogens (tertiary/aromatic N) is 1. The minimum Gasteiger partial charge on any atom is -0.491 e. The first-order valence-corrected chi connectivity index (χ1v) is 5.89. The fraction of sp³-hybridized carbons (Fsp3) is 0.364. The van der Waals surface area contributed by atoms with Crippen LogP contribution >= 0.6 is 15.9 Å². The molecular formula is C11H13BrN2O2. The lowest BCUT2D eigenvalue weighted by Gasteiger charge is -2.18. The molecule has 5 heteroatoms. The maximum Gasteiger partial charge on any atom is 0.236 e. The average Bonchev–Trinajstić information content (AvgIpc) is 2.49. The number of halogens is 1. The van der Waals surface area contributed by atoms with E-state index in [9.17, 15) is 4.79 Å². The van der Waals surface area contributed by atoms with E-state index in [1.807, 2.05) is 18.2 Å². The van der Waals surface area contributed by atoms with Crippen LogP contribution in [0.1, 0.15) is 5.56 Å². The summed E-state index contributed by atoms with van der Waals surface area (Å²) in [4.78, 5) is 13.3. The lowest BCUT2D eigenvalue weighted by atomic mass is 10.2. The number of ether oxygens (including phenoxy) is 1. The van der Waals surface area contributed by atoms with Gasteiger partial charge < -0.3 is 15.4 Å². The number of carbonyl (C=O) groups excluding carboxylic acids is 1. The van der Waals surface area contributed by atoms with Crippen molar-refractivity contribution >= 4 is 21.8 Å². The topological polar surface area (TPSA) is 55.6 Å². The number of amides is 1. The van der Waals surface area contributed by atoms with Crippen molar-refractivity contribution in [2.24, 2.45) is 5.73 Å². The summed E-state index contributed by atoms with van der Waals surface area (Å²) >= 11 is 3.39. The molecule has 1 amide bonds. The summed E-state index contributed by atoms with van der Waals surface area (Å²) < 4.78 is 6.57.